The van der Waals surface area contributed by atoms with E-state index in [-0.39, 0.29) is 5.75 Å². The minimum absolute atomic E-state index is 0.283. The number of alkyl halides is 3. The van der Waals surface area contributed by atoms with Gasteiger partial charge >= 0.3 is 6.36 Å². The van der Waals surface area contributed by atoms with Gasteiger partial charge in [0.25, 0.3) is 0 Å². The van der Waals surface area contributed by atoms with Crippen molar-refractivity contribution >= 4 is 0 Å². The number of hydrogen-bond acceptors (Lipinski definition) is 2. The number of ether oxygens (including phenoxy) is 1. The van der Waals surface area contributed by atoms with Crippen molar-refractivity contribution in [3.8, 4) is 5.75 Å². The van der Waals surface area contributed by atoms with Crippen molar-refractivity contribution in [2.75, 3.05) is 0 Å². The third kappa shape index (κ3) is 3.79. The van der Waals surface area contributed by atoms with E-state index < -0.39 is 12.5 Å². The van der Waals surface area contributed by atoms with Crippen molar-refractivity contribution in [1.82, 2.24) is 0 Å². The van der Waals surface area contributed by atoms with Gasteiger partial charge in [-0.1, -0.05) is 19.1 Å². The molecule has 0 spiro atoms. The Hall–Kier alpha value is -1.23. The Morgan fingerprint density at radius 3 is 2.20 bits per heavy atom. The van der Waals surface area contributed by atoms with Crippen molar-refractivity contribution in [2.45, 2.75) is 25.8 Å². The predicted octanol–water partition coefficient (Wildman–Crippen LogP) is 3.03. The molecule has 0 heterocycles. The van der Waals surface area contributed by atoms with Gasteiger partial charge in [0.15, 0.2) is 0 Å². The van der Waals surface area contributed by atoms with Gasteiger partial charge in [-0.25, -0.2) is 0 Å². The number of aliphatic hydroxyl groups is 1. The summed E-state index contributed by atoms with van der Waals surface area (Å²) in [6.45, 7) is 1.78. The molecular formula is C10H11F3O2. The summed E-state index contributed by atoms with van der Waals surface area (Å²) in [5, 5.41) is 9.39. The van der Waals surface area contributed by atoms with Gasteiger partial charge in [0.05, 0.1) is 6.10 Å². The summed E-state index contributed by atoms with van der Waals surface area (Å²) in [5.41, 5.74) is 0.576. The van der Waals surface area contributed by atoms with Gasteiger partial charge in [-0.3, -0.25) is 0 Å². The Morgan fingerprint density at radius 1 is 1.27 bits per heavy atom. The van der Waals surface area contributed by atoms with Crippen LogP contribution in [0, 0.1) is 0 Å². The van der Waals surface area contributed by atoms with Crippen molar-refractivity contribution in [1.29, 1.82) is 0 Å². The van der Waals surface area contributed by atoms with Crippen LogP contribution in [-0.4, -0.2) is 11.5 Å². The summed E-state index contributed by atoms with van der Waals surface area (Å²) < 4.78 is 39.1. The van der Waals surface area contributed by atoms with Crippen molar-refractivity contribution in [2.24, 2.45) is 0 Å². The highest BCUT2D eigenvalue weighted by Crippen LogP contribution is 2.24. The molecule has 0 saturated heterocycles. The molecule has 5 heteroatoms. The summed E-state index contributed by atoms with van der Waals surface area (Å²) in [7, 11) is 0. The summed E-state index contributed by atoms with van der Waals surface area (Å²) in [5.74, 6) is -0.283. The van der Waals surface area contributed by atoms with E-state index in [2.05, 4.69) is 4.74 Å². The van der Waals surface area contributed by atoms with Crippen LogP contribution in [-0.2, 0) is 0 Å². The summed E-state index contributed by atoms with van der Waals surface area (Å²) in [6.07, 6.45) is -4.81. The standard InChI is InChI=1S/C10H11F3O2/c1-2-9(14)7-3-5-8(6-4-7)15-10(11,12)13/h3-6,9,14H,2H2,1H3. The van der Waals surface area contributed by atoms with Crippen LogP contribution in [0.2, 0.25) is 0 Å². The third-order valence-corrected chi connectivity index (χ3v) is 1.89. The summed E-state index contributed by atoms with van der Waals surface area (Å²) in [4.78, 5) is 0. The molecule has 0 amide bonds. The van der Waals surface area contributed by atoms with Crippen molar-refractivity contribution in [3.63, 3.8) is 0 Å². The second-order valence-electron chi connectivity index (χ2n) is 3.04. The average Bonchev–Trinajstić information content (AvgIpc) is 2.15. The van der Waals surface area contributed by atoms with E-state index in [9.17, 15) is 18.3 Å². The first-order valence-electron chi connectivity index (χ1n) is 4.46. The van der Waals surface area contributed by atoms with Crippen LogP contribution in [0.4, 0.5) is 13.2 Å². The van der Waals surface area contributed by atoms with Gasteiger partial charge < -0.3 is 9.84 Å². The zero-order valence-electron chi connectivity index (χ0n) is 8.08. The molecule has 15 heavy (non-hydrogen) atoms. The van der Waals surface area contributed by atoms with Crippen LogP contribution in [0.15, 0.2) is 24.3 Å². The molecule has 0 saturated carbocycles. The Bertz CT molecular complexity index is 305. The Kier molecular flexibility index (Phi) is 3.57. The van der Waals surface area contributed by atoms with Gasteiger partial charge in [-0.05, 0) is 24.1 Å². The fourth-order valence-corrected chi connectivity index (χ4v) is 1.13. The lowest BCUT2D eigenvalue weighted by atomic mass is 10.1. The lowest BCUT2D eigenvalue weighted by Crippen LogP contribution is -2.17. The molecule has 1 N–H and O–H groups in total. The van der Waals surface area contributed by atoms with Gasteiger partial charge in [0.2, 0.25) is 0 Å². The van der Waals surface area contributed by atoms with Crippen LogP contribution in [0.25, 0.3) is 0 Å². The van der Waals surface area contributed by atoms with E-state index >= 15 is 0 Å². The second kappa shape index (κ2) is 4.53. The van der Waals surface area contributed by atoms with Gasteiger partial charge in [0.1, 0.15) is 5.75 Å². The zero-order chi connectivity index (χ0) is 11.5. The molecule has 0 radical (unpaired) electrons. The number of halogens is 3. The molecule has 0 bridgehead atoms. The maximum atomic E-state index is 11.8. The molecule has 1 rings (SSSR count). The fourth-order valence-electron chi connectivity index (χ4n) is 1.13. The largest absolute Gasteiger partial charge is 0.573 e. The monoisotopic (exact) mass is 220 g/mol. The molecule has 1 unspecified atom stereocenters. The maximum absolute atomic E-state index is 11.8. The number of benzene rings is 1. The average molecular weight is 220 g/mol. The highest BCUT2D eigenvalue weighted by molar-refractivity contribution is 5.28. The number of aliphatic hydroxyl groups excluding tert-OH is 1. The van der Waals surface area contributed by atoms with Crippen LogP contribution in [0.5, 0.6) is 5.75 Å². The zero-order valence-corrected chi connectivity index (χ0v) is 8.08. The Morgan fingerprint density at radius 2 is 1.80 bits per heavy atom. The van der Waals surface area contributed by atoms with Gasteiger partial charge in [-0.2, -0.15) is 0 Å². The highest BCUT2D eigenvalue weighted by Gasteiger charge is 2.30. The topological polar surface area (TPSA) is 29.5 Å². The van der Waals surface area contributed by atoms with E-state index in [1.807, 2.05) is 0 Å². The van der Waals surface area contributed by atoms with Crippen LogP contribution in [0.3, 0.4) is 0 Å². The van der Waals surface area contributed by atoms with Crippen molar-refractivity contribution in [3.05, 3.63) is 29.8 Å². The van der Waals surface area contributed by atoms with E-state index in [1.165, 1.54) is 24.3 Å². The maximum Gasteiger partial charge on any atom is 0.573 e. The van der Waals surface area contributed by atoms with Gasteiger partial charge in [-0.15, -0.1) is 13.2 Å². The van der Waals surface area contributed by atoms with Crippen LogP contribution < -0.4 is 4.74 Å². The molecule has 0 aliphatic carbocycles. The SMILES string of the molecule is CCC(O)c1ccc(OC(F)(F)F)cc1. The lowest BCUT2D eigenvalue weighted by molar-refractivity contribution is -0.274. The molecule has 84 valence electrons. The first kappa shape index (κ1) is 11.8. The predicted molar refractivity (Wildman–Crippen MR) is 48.4 cm³/mol. The van der Waals surface area contributed by atoms with Gasteiger partial charge in [0, 0.05) is 0 Å². The molecule has 2 nitrogen and oxygen atoms in total. The first-order chi connectivity index (χ1) is 6.92. The first-order valence-corrected chi connectivity index (χ1v) is 4.46. The summed E-state index contributed by atoms with van der Waals surface area (Å²) in [6, 6.07) is 5.19. The minimum atomic E-state index is -4.68. The normalized spacial score (nSPS) is 13.7. The molecule has 1 aromatic rings. The second-order valence-corrected chi connectivity index (χ2v) is 3.04. The Labute approximate surface area is 85.3 Å². The highest BCUT2D eigenvalue weighted by atomic mass is 19.4. The minimum Gasteiger partial charge on any atom is -0.406 e. The molecule has 1 aromatic carbocycles. The smallest absolute Gasteiger partial charge is 0.406 e. The number of rotatable bonds is 3. The van der Waals surface area contributed by atoms with E-state index in [4.69, 9.17) is 0 Å². The van der Waals surface area contributed by atoms with Crippen LogP contribution >= 0.6 is 0 Å². The Balaban J connectivity index is 2.72. The molecule has 0 aliphatic rings. The van der Waals surface area contributed by atoms with E-state index in [0.717, 1.165) is 0 Å². The third-order valence-electron chi connectivity index (χ3n) is 1.89. The molecule has 0 aliphatic heterocycles. The molecular weight excluding hydrogens is 209 g/mol. The molecule has 1 atom stereocenters. The van der Waals surface area contributed by atoms with Crippen LogP contribution in [0.1, 0.15) is 25.0 Å². The van der Waals surface area contributed by atoms with E-state index in [1.54, 1.807) is 6.92 Å². The summed E-state index contributed by atoms with van der Waals surface area (Å²) >= 11 is 0. The number of hydrogen-bond donors (Lipinski definition) is 1. The molecule has 0 fully saturated rings. The van der Waals surface area contributed by atoms with E-state index in [0.29, 0.717) is 12.0 Å². The lowest BCUT2D eigenvalue weighted by Gasteiger charge is -2.11. The quantitative estimate of drug-likeness (QED) is 0.848. The molecule has 0 aromatic heterocycles. The van der Waals surface area contributed by atoms with Crippen molar-refractivity contribution < 1.29 is 23.0 Å². The fraction of sp³-hybridized carbons (Fsp3) is 0.400.